The monoisotopic (exact) mass is 459 g/mol. The summed E-state index contributed by atoms with van der Waals surface area (Å²) in [5, 5.41) is 16.6. The van der Waals surface area contributed by atoms with Crippen molar-refractivity contribution in [2.45, 2.75) is 38.7 Å². The molecule has 2 saturated carbocycles. The first-order valence-electron chi connectivity index (χ1n) is 11.2. The lowest BCUT2D eigenvalue weighted by Gasteiger charge is -2.14. The van der Waals surface area contributed by atoms with Crippen molar-refractivity contribution in [3.8, 4) is 17.2 Å². The van der Waals surface area contributed by atoms with E-state index in [-0.39, 0.29) is 6.10 Å². The summed E-state index contributed by atoms with van der Waals surface area (Å²) in [7, 11) is 4.77. The fourth-order valence-electron chi connectivity index (χ4n) is 4.86. The molecule has 0 amide bonds. The summed E-state index contributed by atoms with van der Waals surface area (Å²) in [6.45, 7) is 3.02. The number of rotatable bonds is 12. The van der Waals surface area contributed by atoms with E-state index < -0.39 is 0 Å². The third-order valence-corrected chi connectivity index (χ3v) is 8.00. The highest BCUT2D eigenvalue weighted by molar-refractivity contribution is 7.10. The van der Waals surface area contributed by atoms with Crippen molar-refractivity contribution in [3.05, 3.63) is 40.1 Å². The van der Waals surface area contributed by atoms with Crippen LogP contribution < -0.4 is 14.2 Å². The molecule has 0 spiro atoms. The van der Waals surface area contributed by atoms with Gasteiger partial charge >= 0.3 is 0 Å². The zero-order chi connectivity index (χ0) is 22.7. The van der Waals surface area contributed by atoms with Crippen molar-refractivity contribution >= 4 is 17.6 Å². The van der Waals surface area contributed by atoms with Crippen LogP contribution in [0, 0.1) is 23.2 Å². The Bertz CT molecular complexity index is 905. The van der Waals surface area contributed by atoms with Crippen LogP contribution in [0.15, 0.2) is 34.8 Å². The molecular weight excluding hydrogens is 426 g/mol. The van der Waals surface area contributed by atoms with Gasteiger partial charge in [0.2, 0.25) is 5.75 Å². The van der Waals surface area contributed by atoms with E-state index in [1.165, 1.54) is 12.8 Å². The maximum atomic E-state index is 10.4. The summed E-state index contributed by atoms with van der Waals surface area (Å²) in [6.07, 6.45) is 5.76. The molecule has 0 aliphatic heterocycles. The number of hydrogen-bond acceptors (Lipinski definition) is 7. The van der Waals surface area contributed by atoms with Gasteiger partial charge < -0.3 is 24.2 Å². The van der Waals surface area contributed by atoms with Crippen LogP contribution in [0.2, 0.25) is 0 Å². The highest BCUT2D eigenvalue weighted by Crippen LogP contribution is 2.67. The Morgan fingerprint density at radius 1 is 1.22 bits per heavy atom. The Morgan fingerprint density at radius 2 is 1.97 bits per heavy atom. The van der Waals surface area contributed by atoms with Gasteiger partial charge in [-0.2, -0.15) is 0 Å². The van der Waals surface area contributed by atoms with Gasteiger partial charge in [-0.3, -0.25) is 0 Å². The first kappa shape index (κ1) is 22.9. The summed E-state index contributed by atoms with van der Waals surface area (Å²) in [5.74, 6) is 3.81. The zero-order valence-electron chi connectivity index (χ0n) is 19.2. The third kappa shape index (κ3) is 5.04. The number of aliphatic hydroxyl groups is 1. The van der Waals surface area contributed by atoms with Crippen LogP contribution >= 0.6 is 11.3 Å². The highest BCUT2D eigenvalue weighted by atomic mass is 32.1. The smallest absolute Gasteiger partial charge is 0.203 e. The average Bonchev–Trinajstić information content (AvgIpc) is 3.64. The molecule has 174 valence electrons. The van der Waals surface area contributed by atoms with Crippen LogP contribution in [0.25, 0.3) is 0 Å². The van der Waals surface area contributed by atoms with Gasteiger partial charge in [0, 0.05) is 10.4 Å². The summed E-state index contributed by atoms with van der Waals surface area (Å²) in [6, 6.07) is 7.71. The standard InChI is InChI=1S/C25H33NO5S/c1-25(8-7-20(27)23-6-5-9-32-23)13-19(25)18-12-17(18)15-31-26-14-16-10-21(28-2)24(30-4)22(11-16)29-3/h5-6,9-11,14,17-20,27H,7-8,12-13,15H2,1-4H3/b26-14-/t17?,18-,19-,20?,25-/m0/s1. The fraction of sp³-hybridized carbons (Fsp3) is 0.560. The topological polar surface area (TPSA) is 69.5 Å². The molecular formula is C25H33NO5S. The number of oxime groups is 1. The SMILES string of the molecule is COc1cc(/C=N\OCC2C[C@@H]2[C@@H]2C[C@]2(C)CCC(O)c2cccs2)cc(OC)c1OC. The Kier molecular flexibility index (Phi) is 6.96. The van der Waals surface area contributed by atoms with Gasteiger partial charge in [0.15, 0.2) is 11.5 Å². The minimum Gasteiger partial charge on any atom is -0.493 e. The Hall–Kier alpha value is -2.25. The van der Waals surface area contributed by atoms with E-state index in [0.717, 1.165) is 35.1 Å². The number of thiophene rings is 1. The number of hydrogen-bond donors (Lipinski definition) is 1. The fourth-order valence-corrected chi connectivity index (χ4v) is 5.60. The molecule has 1 N–H and O–H groups in total. The highest BCUT2D eigenvalue weighted by Gasteiger charge is 2.60. The van der Waals surface area contributed by atoms with Crippen LogP contribution in [0.5, 0.6) is 17.2 Å². The quantitative estimate of drug-likeness (QED) is 0.344. The van der Waals surface area contributed by atoms with E-state index in [2.05, 4.69) is 12.1 Å². The van der Waals surface area contributed by atoms with E-state index in [9.17, 15) is 5.11 Å². The molecule has 2 aliphatic carbocycles. The van der Waals surface area contributed by atoms with Crippen molar-refractivity contribution < 1.29 is 24.2 Å². The predicted molar refractivity (Wildman–Crippen MR) is 126 cm³/mol. The molecule has 0 saturated heterocycles. The first-order chi connectivity index (χ1) is 15.5. The van der Waals surface area contributed by atoms with Gasteiger partial charge in [0.05, 0.1) is 33.6 Å². The Morgan fingerprint density at radius 3 is 2.59 bits per heavy atom. The van der Waals surface area contributed by atoms with Crippen molar-refractivity contribution in [3.63, 3.8) is 0 Å². The molecule has 2 aromatic rings. The average molecular weight is 460 g/mol. The largest absolute Gasteiger partial charge is 0.493 e. The van der Waals surface area contributed by atoms with Crippen LogP contribution in [0.3, 0.4) is 0 Å². The number of aliphatic hydroxyl groups excluding tert-OH is 1. The van der Waals surface area contributed by atoms with Gasteiger partial charge in [-0.1, -0.05) is 18.1 Å². The molecule has 7 heteroatoms. The number of ether oxygens (including phenoxy) is 3. The number of benzene rings is 1. The molecule has 1 heterocycles. The molecule has 1 aromatic heterocycles. The van der Waals surface area contributed by atoms with Gasteiger partial charge in [-0.05, 0) is 72.4 Å². The first-order valence-corrected chi connectivity index (χ1v) is 12.0. The number of nitrogens with zero attached hydrogens (tertiary/aromatic N) is 1. The summed E-state index contributed by atoms with van der Waals surface area (Å²) in [5.41, 5.74) is 1.20. The minimum absolute atomic E-state index is 0.323. The summed E-state index contributed by atoms with van der Waals surface area (Å²) in [4.78, 5) is 6.68. The van der Waals surface area contributed by atoms with E-state index in [4.69, 9.17) is 19.0 Å². The lowest BCUT2D eigenvalue weighted by atomic mass is 9.95. The molecule has 5 atom stereocenters. The van der Waals surface area contributed by atoms with Crippen LogP contribution in [-0.2, 0) is 4.84 Å². The molecule has 2 aliphatic rings. The maximum Gasteiger partial charge on any atom is 0.203 e. The lowest BCUT2D eigenvalue weighted by molar-refractivity contribution is 0.129. The van der Waals surface area contributed by atoms with Crippen LogP contribution in [0.1, 0.15) is 49.2 Å². The van der Waals surface area contributed by atoms with Crippen molar-refractivity contribution in [2.24, 2.45) is 28.3 Å². The van der Waals surface area contributed by atoms with Gasteiger partial charge in [-0.15, -0.1) is 11.3 Å². The second-order valence-electron chi connectivity index (χ2n) is 9.18. The minimum atomic E-state index is -0.323. The summed E-state index contributed by atoms with van der Waals surface area (Å²) >= 11 is 1.64. The lowest BCUT2D eigenvalue weighted by Crippen LogP contribution is -2.05. The van der Waals surface area contributed by atoms with Gasteiger partial charge in [0.25, 0.3) is 0 Å². The summed E-state index contributed by atoms with van der Waals surface area (Å²) < 4.78 is 16.1. The van der Waals surface area contributed by atoms with Crippen molar-refractivity contribution in [2.75, 3.05) is 27.9 Å². The molecule has 0 bridgehead atoms. The normalized spacial score (nSPS) is 27.2. The third-order valence-electron chi connectivity index (χ3n) is 7.03. The molecule has 32 heavy (non-hydrogen) atoms. The van der Waals surface area contributed by atoms with E-state index in [1.54, 1.807) is 38.9 Å². The van der Waals surface area contributed by atoms with Gasteiger partial charge in [0.1, 0.15) is 6.61 Å². The zero-order valence-corrected chi connectivity index (χ0v) is 20.1. The predicted octanol–water partition coefficient (Wildman–Crippen LogP) is 5.30. The molecule has 0 radical (unpaired) electrons. The molecule has 6 nitrogen and oxygen atoms in total. The van der Waals surface area contributed by atoms with E-state index in [1.807, 2.05) is 29.6 Å². The molecule has 2 fully saturated rings. The Labute approximate surface area is 194 Å². The number of methoxy groups -OCH3 is 3. The van der Waals surface area contributed by atoms with Crippen LogP contribution in [-0.4, -0.2) is 39.3 Å². The molecule has 2 unspecified atom stereocenters. The Balaban J connectivity index is 1.21. The molecule has 1 aromatic carbocycles. The second kappa shape index (κ2) is 9.71. The van der Waals surface area contributed by atoms with E-state index in [0.29, 0.717) is 35.2 Å². The van der Waals surface area contributed by atoms with Crippen molar-refractivity contribution in [1.82, 2.24) is 0 Å². The van der Waals surface area contributed by atoms with Gasteiger partial charge in [-0.25, -0.2) is 0 Å². The molecule has 4 rings (SSSR count). The second-order valence-corrected chi connectivity index (χ2v) is 10.2. The van der Waals surface area contributed by atoms with E-state index >= 15 is 0 Å². The van der Waals surface area contributed by atoms with Crippen LogP contribution in [0.4, 0.5) is 0 Å². The van der Waals surface area contributed by atoms with Crippen molar-refractivity contribution in [1.29, 1.82) is 0 Å². The maximum absolute atomic E-state index is 10.4.